The van der Waals surface area contributed by atoms with Crippen molar-refractivity contribution in [1.29, 1.82) is 0 Å². The number of anilines is 1. The van der Waals surface area contributed by atoms with Crippen LogP contribution in [0.15, 0.2) is 18.3 Å². The topological polar surface area (TPSA) is 25.4 Å². The lowest BCUT2D eigenvalue weighted by Crippen LogP contribution is -2.29. The van der Waals surface area contributed by atoms with E-state index in [1.807, 2.05) is 11.9 Å². The van der Waals surface area contributed by atoms with Gasteiger partial charge >= 0.3 is 0 Å². The van der Waals surface area contributed by atoms with Crippen molar-refractivity contribution in [2.24, 2.45) is 0 Å². The second kappa shape index (κ2) is 4.57. The van der Waals surface area contributed by atoms with Gasteiger partial charge in [0.15, 0.2) is 0 Å². The maximum Gasteiger partial charge on any atom is 0.141 e. The van der Waals surface area contributed by atoms with Crippen molar-refractivity contribution in [2.45, 2.75) is 18.9 Å². The predicted octanol–water partition coefficient (Wildman–Crippen LogP) is 1.84. The van der Waals surface area contributed by atoms with E-state index in [0.29, 0.717) is 6.10 Å². The molecule has 0 spiro atoms. The number of aromatic nitrogens is 1. The number of pyridine rings is 1. The van der Waals surface area contributed by atoms with Crippen LogP contribution in [-0.4, -0.2) is 31.3 Å². The Morgan fingerprint density at radius 2 is 2.47 bits per heavy atom. The molecule has 0 radical (unpaired) electrons. The lowest BCUT2D eigenvalue weighted by Gasteiger charge is -2.21. The van der Waals surface area contributed by atoms with Crippen LogP contribution in [0.1, 0.15) is 12.8 Å². The molecule has 1 aliphatic heterocycles. The van der Waals surface area contributed by atoms with E-state index in [-0.39, 0.29) is 5.82 Å². The fraction of sp³-hybridized carbons (Fsp3) is 0.545. The Kier molecular flexibility index (Phi) is 3.16. The van der Waals surface area contributed by atoms with Crippen LogP contribution in [0.4, 0.5) is 10.2 Å². The molecule has 0 N–H and O–H groups in total. The van der Waals surface area contributed by atoms with Crippen LogP contribution < -0.4 is 4.90 Å². The third-order valence-electron chi connectivity index (χ3n) is 2.60. The van der Waals surface area contributed by atoms with E-state index in [4.69, 9.17) is 4.74 Å². The van der Waals surface area contributed by atoms with E-state index in [2.05, 4.69) is 4.98 Å². The smallest absolute Gasteiger partial charge is 0.141 e. The lowest BCUT2D eigenvalue weighted by molar-refractivity contribution is 0.116. The summed E-state index contributed by atoms with van der Waals surface area (Å²) in [5.41, 5.74) is 0. The largest absolute Gasteiger partial charge is 0.376 e. The Hall–Kier alpha value is -1.16. The van der Waals surface area contributed by atoms with Crippen molar-refractivity contribution in [3.63, 3.8) is 0 Å². The van der Waals surface area contributed by atoms with Crippen molar-refractivity contribution in [1.82, 2.24) is 4.98 Å². The number of likely N-dealkylation sites (N-methyl/N-ethyl adjacent to an activating group) is 1. The third kappa shape index (κ3) is 2.65. The minimum atomic E-state index is -0.302. The molecule has 1 atom stereocenters. The maximum atomic E-state index is 12.6. The van der Waals surface area contributed by atoms with Gasteiger partial charge in [-0.05, 0) is 25.0 Å². The Labute approximate surface area is 88.9 Å². The second-order valence-electron chi connectivity index (χ2n) is 3.85. The highest BCUT2D eigenvalue weighted by atomic mass is 19.1. The minimum Gasteiger partial charge on any atom is -0.376 e. The fourth-order valence-corrected chi connectivity index (χ4v) is 1.78. The molecule has 0 amide bonds. The zero-order valence-electron chi connectivity index (χ0n) is 8.82. The van der Waals surface area contributed by atoms with E-state index in [9.17, 15) is 4.39 Å². The van der Waals surface area contributed by atoms with E-state index in [1.165, 1.54) is 12.3 Å². The summed E-state index contributed by atoms with van der Waals surface area (Å²) in [7, 11) is 1.95. The molecule has 15 heavy (non-hydrogen) atoms. The summed E-state index contributed by atoms with van der Waals surface area (Å²) < 4.78 is 18.2. The van der Waals surface area contributed by atoms with Gasteiger partial charge in [-0.15, -0.1) is 0 Å². The molecule has 1 saturated heterocycles. The number of hydrogen-bond donors (Lipinski definition) is 0. The van der Waals surface area contributed by atoms with Gasteiger partial charge in [-0.1, -0.05) is 0 Å². The standard InChI is InChI=1S/C11H15FN2O/c1-14(8-10-3-2-6-15-10)11-5-4-9(12)7-13-11/h4-5,7,10H,2-3,6,8H2,1H3/t10-/m1/s1. The van der Waals surface area contributed by atoms with Gasteiger partial charge in [0.2, 0.25) is 0 Å². The molecule has 82 valence electrons. The van der Waals surface area contributed by atoms with Crippen LogP contribution in [0.5, 0.6) is 0 Å². The van der Waals surface area contributed by atoms with Gasteiger partial charge in [-0.2, -0.15) is 0 Å². The van der Waals surface area contributed by atoms with Crippen LogP contribution in [0.2, 0.25) is 0 Å². The minimum absolute atomic E-state index is 0.293. The molecule has 1 aliphatic rings. The van der Waals surface area contributed by atoms with Gasteiger partial charge < -0.3 is 9.64 Å². The number of hydrogen-bond acceptors (Lipinski definition) is 3. The normalized spacial score (nSPS) is 20.5. The molecule has 0 bridgehead atoms. The molecule has 4 heteroatoms. The quantitative estimate of drug-likeness (QED) is 0.761. The first-order valence-electron chi connectivity index (χ1n) is 5.20. The Morgan fingerprint density at radius 3 is 3.07 bits per heavy atom. The Bertz CT molecular complexity index is 309. The number of nitrogens with zero attached hydrogens (tertiary/aromatic N) is 2. The molecule has 0 unspecified atom stereocenters. The average molecular weight is 210 g/mol. The molecule has 3 nitrogen and oxygen atoms in total. The molecule has 1 fully saturated rings. The number of ether oxygens (including phenoxy) is 1. The van der Waals surface area contributed by atoms with Crippen LogP contribution in [0, 0.1) is 5.82 Å². The summed E-state index contributed by atoms with van der Waals surface area (Å²) in [6.45, 7) is 1.67. The zero-order chi connectivity index (χ0) is 10.7. The molecule has 2 rings (SSSR count). The first-order valence-corrected chi connectivity index (χ1v) is 5.20. The SMILES string of the molecule is CN(C[C@H]1CCCO1)c1ccc(F)cn1. The molecule has 2 heterocycles. The van der Waals surface area contributed by atoms with Crippen LogP contribution in [0.3, 0.4) is 0 Å². The fourth-order valence-electron chi connectivity index (χ4n) is 1.78. The maximum absolute atomic E-state index is 12.6. The van der Waals surface area contributed by atoms with Gasteiger partial charge in [-0.25, -0.2) is 9.37 Å². The second-order valence-corrected chi connectivity index (χ2v) is 3.85. The average Bonchev–Trinajstić information content (AvgIpc) is 2.71. The van der Waals surface area contributed by atoms with Gasteiger partial charge in [0, 0.05) is 20.2 Å². The Balaban J connectivity index is 1.94. The highest BCUT2D eigenvalue weighted by Crippen LogP contribution is 2.16. The van der Waals surface area contributed by atoms with Crippen molar-refractivity contribution in [2.75, 3.05) is 25.1 Å². The van der Waals surface area contributed by atoms with Crippen molar-refractivity contribution in [3.05, 3.63) is 24.1 Å². The summed E-state index contributed by atoms with van der Waals surface area (Å²) in [5.74, 6) is 0.483. The zero-order valence-corrected chi connectivity index (χ0v) is 8.82. The molecule has 0 aliphatic carbocycles. The first-order chi connectivity index (χ1) is 7.25. The van der Waals surface area contributed by atoms with Crippen molar-refractivity contribution < 1.29 is 9.13 Å². The van der Waals surface area contributed by atoms with E-state index in [0.717, 1.165) is 31.8 Å². The highest BCUT2D eigenvalue weighted by molar-refractivity contribution is 5.36. The third-order valence-corrected chi connectivity index (χ3v) is 2.60. The van der Waals surface area contributed by atoms with Crippen molar-refractivity contribution in [3.8, 4) is 0 Å². The van der Waals surface area contributed by atoms with E-state index >= 15 is 0 Å². The Morgan fingerprint density at radius 1 is 1.60 bits per heavy atom. The molecule has 1 aromatic rings. The molecule has 1 aromatic heterocycles. The van der Waals surface area contributed by atoms with E-state index < -0.39 is 0 Å². The van der Waals surface area contributed by atoms with E-state index in [1.54, 1.807) is 6.07 Å². The molecule has 0 aromatic carbocycles. The van der Waals surface area contributed by atoms with Gasteiger partial charge in [0.05, 0.1) is 12.3 Å². The lowest BCUT2D eigenvalue weighted by atomic mass is 10.2. The van der Waals surface area contributed by atoms with Gasteiger partial charge in [0.1, 0.15) is 11.6 Å². The monoisotopic (exact) mass is 210 g/mol. The molecule has 0 saturated carbocycles. The highest BCUT2D eigenvalue weighted by Gasteiger charge is 2.17. The van der Waals surface area contributed by atoms with Crippen LogP contribution in [0.25, 0.3) is 0 Å². The number of halogens is 1. The van der Waals surface area contributed by atoms with Crippen LogP contribution in [-0.2, 0) is 4.74 Å². The van der Waals surface area contributed by atoms with Gasteiger partial charge in [0.25, 0.3) is 0 Å². The predicted molar refractivity (Wildman–Crippen MR) is 56.4 cm³/mol. The van der Waals surface area contributed by atoms with Crippen molar-refractivity contribution >= 4 is 5.82 Å². The summed E-state index contributed by atoms with van der Waals surface area (Å²) >= 11 is 0. The summed E-state index contributed by atoms with van der Waals surface area (Å²) in [6, 6.07) is 3.11. The first kappa shape index (κ1) is 10.4. The van der Waals surface area contributed by atoms with Gasteiger partial charge in [-0.3, -0.25) is 0 Å². The summed E-state index contributed by atoms with van der Waals surface area (Å²) in [4.78, 5) is 6.01. The van der Waals surface area contributed by atoms with Crippen LogP contribution >= 0.6 is 0 Å². The summed E-state index contributed by atoms with van der Waals surface area (Å²) in [5, 5.41) is 0. The molecular formula is C11H15FN2O. The molecular weight excluding hydrogens is 195 g/mol. The summed E-state index contributed by atoms with van der Waals surface area (Å²) in [6.07, 6.45) is 3.77. The number of rotatable bonds is 3.